The molecular formula is C54H58CoN13O11+. The van der Waals surface area contributed by atoms with Crippen LogP contribution in [0.4, 0.5) is 45.5 Å². The van der Waals surface area contributed by atoms with Crippen molar-refractivity contribution >= 4 is 57.4 Å². The summed E-state index contributed by atoms with van der Waals surface area (Å²) in [6, 6.07) is 26.4. The fourth-order valence-electron chi connectivity index (χ4n) is 8.02. The van der Waals surface area contributed by atoms with Crippen LogP contribution < -0.4 is 20.9 Å². The molecule has 0 aliphatic carbocycles. The number of phenols is 2. The number of aromatic hydroxyl groups is 4. The Morgan fingerprint density at radius 3 is 1.57 bits per heavy atom. The second kappa shape index (κ2) is 27.5. The van der Waals surface area contributed by atoms with E-state index in [-0.39, 0.29) is 103 Å². The van der Waals surface area contributed by atoms with Gasteiger partial charge in [-0.1, -0.05) is 44.9 Å². The number of anilines is 1. The molecule has 2 aromatic heterocycles. The Morgan fingerprint density at radius 2 is 1.18 bits per heavy atom. The molecule has 4 N–H and O–H groups in total. The number of azo groups is 2. The smallest absolute Gasteiger partial charge is 0.271 e. The Bertz CT molecular complexity index is 3430. The number of para-hydroxylation sites is 1. The number of phenolic OH excluding ortho intramolecular Hbond substituents is 2. The number of nitro benzene ring substituents is 2. The molecule has 24 nitrogen and oxygen atoms in total. The topological polar surface area (TPSA) is 336 Å². The quantitative estimate of drug-likeness (QED) is 0.0230. The maximum atomic E-state index is 12.3. The number of pyridine rings is 2. The van der Waals surface area contributed by atoms with Crippen LogP contribution in [0.2, 0.25) is 0 Å². The van der Waals surface area contributed by atoms with Crippen molar-refractivity contribution in [2.24, 2.45) is 25.6 Å². The number of unbranched alkanes of at least 4 members (excludes halogenated alkanes) is 2. The van der Waals surface area contributed by atoms with Crippen molar-refractivity contribution in [1.82, 2.24) is 9.13 Å². The van der Waals surface area contributed by atoms with Gasteiger partial charge in [-0.05, 0) is 76.9 Å². The first kappa shape index (κ1) is 61.9. The van der Waals surface area contributed by atoms with Crippen LogP contribution in [0.3, 0.4) is 0 Å². The summed E-state index contributed by atoms with van der Waals surface area (Å²) in [7, 11) is 5.72. The largest absolute Gasteiger partial charge is 0.506 e. The summed E-state index contributed by atoms with van der Waals surface area (Å²) < 4.78 is 9.50. The summed E-state index contributed by atoms with van der Waals surface area (Å²) in [5.74, 6) is -0.766. The van der Waals surface area contributed by atoms with E-state index < -0.39 is 32.7 Å². The summed E-state index contributed by atoms with van der Waals surface area (Å²) in [6.45, 7) is 11.6. The van der Waals surface area contributed by atoms with Crippen molar-refractivity contribution in [2.45, 2.75) is 85.7 Å². The molecule has 0 saturated heterocycles. The normalized spacial score (nSPS) is 12.2. The number of benzene rings is 4. The minimum atomic E-state index is -0.653. The van der Waals surface area contributed by atoms with Crippen LogP contribution in [0, 0.1) is 56.7 Å². The number of hydrogen-bond donors (Lipinski definition) is 4. The maximum absolute atomic E-state index is 12.3. The zero-order chi connectivity index (χ0) is 57.6. The molecule has 4 aromatic carbocycles. The summed E-state index contributed by atoms with van der Waals surface area (Å²) in [5, 5.41) is 102. The maximum Gasteiger partial charge on any atom is 0.271 e. The number of nitriles is 2. The van der Waals surface area contributed by atoms with E-state index in [1.54, 1.807) is 19.2 Å². The SMILES string of the molecule is CCCCn1c(O)c(N=Nc2cc([N+](=O)[O-])ccc2O)c(C)c(C#N)c1=O.CCCCn1c(O)c(N=Nc2cc([N+](=O)[O-])ccc2O)c(C)c(C#N)c1=O.COc1ccc(N(C)/N=C/C2=[N+](C)c3ccccc3C2(C)C)cc1.[Co]. The zero-order valence-corrected chi connectivity index (χ0v) is 45.7. The summed E-state index contributed by atoms with van der Waals surface area (Å²) in [6.07, 6.45) is 4.69. The van der Waals surface area contributed by atoms with E-state index in [4.69, 9.17) is 4.74 Å². The Kier molecular flexibility index (Phi) is 21.5. The molecule has 3 heterocycles. The van der Waals surface area contributed by atoms with Crippen molar-refractivity contribution < 1.29 is 56.4 Å². The van der Waals surface area contributed by atoms with Crippen LogP contribution in [-0.4, -0.2) is 77.1 Å². The van der Waals surface area contributed by atoms with Gasteiger partial charge in [-0.3, -0.25) is 44.0 Å². The molecule has 25 heteroatoms. The van der Waals surface area contributed by atoms with Crippen molar-refractivity contribution in [3.8, 4) is 41.1 Å². The standard InChI is InChI=1S/C20H24N3O.2C17H17N5O5.Co/c1-20(2)17-8-6-7-9-18(17)22(3)19(20)14-21-23(4)15-10-12-16(24-5)13-11-15;2*1-3-4-7-21-16(24)12(9-18)10(2)15(17(21)25)20-19-13-8-11(22(26)27)5-6-14(13)23;/h6-14H,1-5H3;2*5-6,8,23,25H,3-4,7H2,1-2H3;/q+1;;;. The van der Waals surface area contributed by atoms with E-state index in [9.17, 15) is 60.8 Å². The Labute approximate surface area is 464 Å². The van der Waals surface area contributed by atoms with Crippen LogP contribution in [0.1, 0.15) is 81.2 Å². The number of rotatable bonds is 16. The number of nitrogens with zero attached hydrogens (tertiary/aromatic N) is 13. The van der Waals surface area contributed by atoms with Gasteiger partial charge in [-0.2, -0.15) is 20.2 Å². The molecular weight excluding hydrogens is 1070 g/mol. The molecule has 0 unspecified atom stereocenters. The molecule has 0 bridgehead atoms. The number of hydrogen-bond acceptors (Lipinski definition) is 19. The number of nitro groups is 2. The van der Waals surface area contributed by atoms with Gasteiger partial charge in [-0.15, -0.1) is 20.5 Å². The van der Waals surface area contributed by atoms with Gasteiger partial charge in [-0.25, -0.2) is 0 Å². The van der Waals surface area contributed by atoms with Crippen LogP contribution in [0.25, 0.3) is 0 Å². The fraction of sp³-hybridized carbons (Fsp3) is 0.296. The van der Waals surface area contributed by atoms with Gasteiger partial charge in [0.2, 0.25) is 23.2 Å². The second-order valence-electron chi connectivity index (χ2n) is 18.0. The molecule has 7 rings (SSSR count). The monoisotopic (exact) mass is 1120 g/mol. The average Bonchev–Trinajstić information content (AvgIpc) is 3.62. The first-order valence-electron chi connectivity index (χ1n) is 24.2. The third-order valence-electron chi connectivity index (χ3n) is 12.6. The number of ether oxygens (including phenoxy) is 1. The van der Waals surface area contributed by atoms with Gasteiger partial charge >= 0.3 is 0 Å². The molecule has 0 amide bonds. The van der Waals surface area contributed by atoms with Gasteiger partial charge < -0.3 is 25.2 Å². The number of aromatic nitrogens is 2. The third kappa shape index (κ3) is 14.1. The molecule has 0 saturated carbocycles. The molecule has 0 fully saturated rings. The molecule has 6 aromatic rings. The van der Waals surface area contributed by atoms with E-state index >= 15 is 0 Å². The molecule has 0 atom stereocenters. The summed E-state index contributed by atoms with van der Waals surface area (Å²) in [5.41, 5.74) is 2.16. The van der Waals surface area contributed by atoms with Crippen LogP contribution in [0.15, 0.2) is 120 Å². The summed E-state index contributed by atoms with van der Waals surface area (Å²) >= 11 is 0. The van der Waals surface area contributed by atoms with E-state index in [0.29, 0.717) is 12.8 Å². The number of fused-ring (bicyclic) bond motifs is 1. The molecule has 1 radical (unpaired) electrons. The van der Waals surface area contributed by atoms with E-state index in [1.807, 2.05) is 56.4 Å². The van der Waals surface area contributed by atoms with E-state index in [1.165, 1.54) is 30.8 Å². The number of non-ortho nitro benzene ring substituents is 2. The van der Waals surface area contributed by atoms with Crippen LogP contribution in [0.5, 0.6) is 29.0 Å². The molecule has 1 aliphatic heterocycles. The van der Waals surface area contributed by atoms with Crippen LogP contribution >= 0.6 is 0 Å². The molecule has 413 valence electrons. The van der Waals surface area contributed by atoms with Crippen molar-refractivity contribution in [3.63, 3.8) is 0 Å². The third-order valence-corrected chi connectivity index (χ3v) is 12.6. The van der Waals surface area contributed by atoms with Gasteiger partial charge in [0.1, 0.15) is 65.2 Å². The second-order valence-corrected chi connectivity index (χ2v) is 18.0. The number of hydrazone groups is 1. The van der Waals surface area contributed by atoms with Crippen LogP contribution in [-0.2, 0) is 35.3 Å². The minimum absolute atomic E-state index is 0. The molecule has 1 aliphatic rings. The molecule has 0 spiro atoms. The summed E-state index contributed by atoms with van der Waals surface area (Å²) in [4.78, 5) is 45.1. The first-order valence-corrected chi connectivity index (χ1v) is 24.2. The van der Waals surface area contributed by atoms with E-state index in [0.717, 1.165) is 69.8 Å². The molecule has 79 heavy (non-hydrogen) atoms. The first-order chi connectivity index (χ1) is 37.1. The Morgan fingerprint density at radius 1 is 0.734 bits per heavy atom. The Hall–Kier alpha value is -9.59. The predicted molar refractivity (Wildman–Crippen MR) is 292 cm³/mol. The van der Waals surface area contributed by atoms with Gasteiger partial charge in [0, 0.05) is 83.9 Å². The minimum Gasteiger partial charge on any atom is -0.506 e. The van der Waals surface area contributed by atoms with Crippen molar-refractivity contribution in [3.05, 3.63) is 154 Å². The Balaban J connectivity index is 0.000000254. The van der Waals surface area contributed by atoms with Gasteiger partial charge in [0.05, 0.1) is 28.1 Å². The fourth-order valence-corrected chi connectivity index (χ4v) is 8.02. The number of methoxy groups -OCH3 is 1. The average molecular weight is 1120 g/mol. The predicted octanol–water partition coefficient (Wildman–Crippen LogP) is 10.9. The van der Waals surface area contributed by atoms with Gasteiger partial charge in [0.15, 0.2) is 11.4 Å². The van der Waals surface area contributed by atoms with Gasteiger partial charge in [0.25, 0.3) is 22.5 Å². The van der Waals surface area contributed by atoms with Crippen molar-refractivity contribution in [2.75, 3.05) is 26.2 Å². The zero-order valence-electron chi connectivity index (χ0n) is 44.7. The van der Waals surface area contributed by atoms with E-state index in [2.05, 4.69) is 75.3 Å². The van der Waals surface area contributed by atoms with Crippen molar-refractivity contribution in [1.29, 1.82) is 10.5 Å².